The lowest BCUT2D eigenvalue weighted by atomic mass is 10.2. The van der Waals surface area contributed by atoms with Gasteiger partial charge in [0.2, 0.25) is 0 Å². The van der Waals surface area contributed by atoms with E-state index in [4.69, 9.17) is 0 Å². The van der Waals surface area contributed by atoms with Crippen LogP contribution in [0.2, 0.25) is 0 Å². The Hall–Kier alpha value is -0.920. The molecule has 0 bridgehead atoms. The monoisotopic (exact) mass is 259 g/mol. The highest BCUT2D eigenvalue weighted by atomic mass is 32.2. The molecule has 1 aromatic rings. The van der Waals surface area contributed by atoms with Crippen LogP contribution in [0.4, 0.5) is 0 Å². The number of imidazole rings is 1. The molecule has 0 amide bonds. The second kappa shape index (κ2) is 5.16. The first-order valence-electron chi connectivity index (χ1n) is 5.64. The fourth-order valence-electron chi connectivity index (χ4n) is 1.99. The summed E-state index contributed by atoms with van der Waals surface area (Å²) in [4.78, 5) is 3.93. The van der Waals surface area contributed by atoms with Crippen LogP contribution in [-0.2, 0) is 16.4 Å². The molecule has 0 aromatic carbocycles. The first kappa shape index (κ1) is 12.5. The van der Waals surface area contributed by atoms with Gasteiger partial charge in [-0.25, -0.2) is 13.4 Å². The highest BCUT2D eigenvalue weighted by Crippen LogP contribution is 2.12. The van der Waals surface area contributed by atoms with Crippen molar-refractivity contribution in [3.05, 3.63) is 18.7 Å². The van der Waals surface area contributed by atoms with Crippen molar-refractivity contribution in [2.75, 3.05) is 18.1 Å². The van der Waals surface area contributed by atoms with Gasteiger partial charge in [0, 0.05) is 25.0 Å². The summed E-state index contributed by atoms with van der Waals surface area (Å²) < 4.78 is 24.5. The minimum Gasteiger partial charge on any atom is -0.390 e. The van der Waals surface area contributed by atoms with Gasteiger partial charge in [-0.1, -0.05) is 0 Å². The van der Waals surface area contributed by atoms with Crippen molar-refractivity contribution in [3.63, 3.8) is 0 Å². The molecule has 0 saturated carbocycles. The summed E-state index contributed by atoms with van der Waals surface area (Å²) in [5, 5.41) is 12.6. The average molecular weight is 259 g/mol. The van der Waals surface area contributed by atoms with Crippen molar-refractivity contribution < 1.29 is 13.5 Å². The van der Waals surface area contributed by atoms with Gasteiger partial charge in [0.05, 0.1) is 23.9 Å². The van der Waals surface area contributed by atoms with Crippen LogP contribution < -0.4 is 5.32 Å². The highest BCUT2D eigenvalue weighted by molar-refractivity contribution is 7.91. The van der Waals surface area contributed by atoms with Crippen molar-refractivity contribution in [2.45, 2.75) is 25.1 Å². The Bertz CT molecular complexity index is 443. The van der Waals surface area contributed by atoms with Crippen molar-refractivity contribution in [1.82, 2.24) is 14.9 Å². The number of hydrogen-bond acceptors (Lipinski definition) is 5. The first-order chi connectivity index (χ1) is 8.07. The van der Waals surface area contributed by atoms with Gasteiger partial charge in [0.15, 0.2) is 9.84 Å². The van der Waals surface area contributed by atoms with E-state index in [1.807, 2.05) is 10.8 Å². The molecule has 17 heavy (non-hydrogen) atoms. The van der Waals surface area contributed by atoms with E-state index >= 15 is 0 Å². The van der Waals surface area contributed by atoms with Gasteiger partial charge >= 0.3 is 0 Å². The summed E-state index contributed by atoms with van der Waals surface area (Å²) >= 11 is 0. The third-order valence-corrected chi connectivity index (χ3v) is 4.60. The number of sulfone groups is 1. The van der Waals surface area contributed by atoms with Gasteiger partial charge in [-0.15, -0.1) is 0 Å². The standard InChI is InChI=1S/C10H17N3O3S/c14-10-7-17(15,16)6-9(10)12-2-1-4-13-5-3-11-8-13/h3,5,8-10,12,14H,1-2,4,6-7H2/t9-,10+/m1/s1. The number of rotatable bonds is 5. The van der Waals surface area contributed by atoms with Gasteiger partial charge < -0.3 is 15.0 Å². The van der Waals surface area contributed by atoms with E-state index in [0.29, 0.717) is 6.54 Å². The zero-order valence-corrected chi connectivity index (χ0v) is 10.3. The molecular weight excluding hydrogens is 242 g/mol. The summed E-state index contributed by atoms with van der Waals surface area (Å²) in [5.74, 6) is -0.0779. The molecule has 0 radical (unpaired) electrons. The minimum absolute atomic E-state index is 0.0409. The van der Waals surface area contributed by atoms with E-state index in [-0.39, 0.29) is 17.5 Å². The number of hydrogen-bond donors (Lipinski definition) is 2. The molecule has 2 atom stereocenters. The summed E-state index contributed by atoms with van der Waals surface area (Å²) in [7, 11) is -3.05. The molecular formula is C10H17N3O3S. The molecule has 1 fully saturated rings. The molecule has 1 aromatic heterocycles. The van der Waals surface area contributed by atoms with Gasteiger partial charge in [-0.3, -0.25) is 0 Å². The van der Waals surface area contributed by atoms with E-state index in [1.165, 1.54) is 0 Å². The van der Waals surface area contributed by atoms with Gasteiger partial charge in [0.1, 0.15) is 0 Å². The summed E-state index contributed by atoms with van der Waals surface area (Å²) in [6.07, 6.45) is 5.46. The summed E-state index contributed by atoms with van der Waals surface area (Å²) in [6, 6.07) is -0.317. The zero-order valence-electron chi connectivity index (χ0n) is 9.49. The molecule has 1 saturated heterocycles. The first-order valence-corrected chi connectivity index (χ1v) is 7.46. The second-order valence-corrected chi connectivity index (χ2v) is 6.51. The Morgan fingerprint density at radius 3 is 2.88 bits per heavy atom. The van der Waals surface area contributed by atoms with E-state index < -0.39 is 15.9 Å². The van der Waals surface area contributed by atoms with E-state index in [2.05, 4.69) is 10.3 Å². The molecule has 0 aliphatic carbocycles. The topological polar surface area (TPSA) is 84.2 Å². The molecule has 0 unspecified atom stereocenters. The van der Waals surface area contributed by atoms with Crippen molar-refractivity contribution in [2.24, 2.45) is 0 Å². The Balaban J connectivity index is 1.69. The largest absolute Gasteiger partial charge is 0.390 e. The quantitative estimate of drug-likeness (QED) is 0.664. The Labute approximate surface area is 101 Å². The number of nitrogens with one attached hydrogen (secondary N) is 1. The third-order valence-electron chi connectivity index (χ3n) is 2.88. The maximum atomic E-state index is 11.3. The Kier molecular flexibility index (Phi) is 3.80. The van der Waals surface area contributed by atoms with Crippen molar-refractivity contribution >= 4 is 9.84 Å². The molecule has 2 N–H and O–H groups in total. The normalized spacial score (nSPS) is 27.4. The number of aromatic nitrogens is 2. The molecule has 7 heteroatoms. The van der Waals surface area contributed by atoms with Crippen LogP contribution in [0, 0.1) is 0 Å². The SMILES string of the molecule is O=S1(=O)C[C@H](O)[C@H](NCCCn2ccnc2)C1. The Morgan fingerprint density at radius 2 is 2.29 bits per heavy atom. The van der Waals surface area contributed by atoms with Crippen LogP contribution in [0.5, 0.6) is 0 Å². The molecule has 1 aliphatic heterocycles. The average Bonchev–Trinajstić information content (AvgIpc) is 2.81. The van der Waals surface area contributed by atoms with Crippen LogP contribution in [0.25, 0.3) is 0 Å². The lowest BCUT2D eigenvalue weighted by Crippen LogP contribution is -2.39. The minimum atomic E-state index is -3.05. The Morgan fingerprint density at radius 1 is 1.47 bits per heavy atom. The van der Waals surface area contributed by atoms with Crippen LogP contribution in [-0.4, -0.2) is 53.3 Å². The lowest BCUT2D eigenvalue weighted by Gasteiger charge is -2.14. The van der Waals surface area contributed by atoms with Gasteiger partial charge in [-0.05, 0) is 13.0 Å². The zero-order chi connectivity index (χ0) is 12.3. The molecule has 6 nitrogen and oxygen atoms in total. The van der Waals surface area contributed by atoms with Crippen LogP contribution in [0.1, 0.15) is 6.42 Å². The van der Waals surface area contributed by atoms with Crippen molar-refractivity contribution in [3.8, 4) is 0 Å². The van der Waals surface area contributed by atoms with E-state index in [0.717, 1.165) is 13.0 Å². The molecule has 96 valence electrons. The van der Waals surface area contributed by atoms with Gasteiger partial charge in [0.25, 0.3) is 0 Å². The molecule has 0 spiro atoms. The van der Waals surface area contributed by atoms with Gasteiger partial charge in [-0.2, -0.15) is 0 Å². The predicted molar refractivity (Wildman–Crippen MR) is 63.3 cm³/mol. The lowest BCUT2D eigenvalue weighted by molar-refractivity contribution is 0.166. The fraction of sp³-hybridized carbons (Fsp3) is 0.700. The number of aryl methyl sites for hydroxylation is 1. The second-order valence-electron chi connectivity index (χ2n) is 4.36. The number of aliphatic hydroxyl groups is 1. The van der Waals surface area contributed by atoms with Crippen LogP contribution in [0.3, 0.4) is 0 Å². The highest BCUT2D eigenvalue weighted by Gasteiger charge is 2.35. The summed E-state index contributed by atoms with van der Waals surface area (Å²) in [6.45, 7) is 1.53. The smallest absolute Gasteiger partial charge is 0.154 e. The van der Waals surface area contributed by atoms with Crippen LogP contribution in [0.15, 0.2) is 18.7 Å². The molecule has 2 rings (SSSR count). The fourth-order valence-corrected chi connectivity index (χ4v) is 3.77. The van der Waals surface area contributed by atoms with E-state index in [1.54, 1.807) is 12.5 Å². The van der Waals surface area contributed by atoms with Crippen LogP contribution >= 0.6 is 0 Å². The maximum absolute atomic E-state index is 11.3. The van der Waals surface area contributed by atoms with E-state index in [9.17, 15) is 13.5 Å². The number of nitrogens with zero attached hydrogens (tertiary/aromatic N) is 2. The third kappa shape index (κ3) is 3.52. The van der Waals surface area contributed by atoms with Crippen molar-refractivity contribution in [1.29, 1.82) is 0 Å². The number of aliphatic hydroxyl groups excluding tert-OH is 1. The predicted octanol–water partition coefficient (Wildman–Crippen LogP) is -0.979. The molecule has 1 aliphatic rings. The maximum Gasteiger partial charge on any atom is 0.154 e. The summed E-state index contributed by atoms with van der Waals surface area (Å²) in [5.41, 5.74) is 0. The molecule has 2 heterocycles.